The van der Waals surface area contributed by atoms with Crippen molar-refractivity contribution >= 4 is 51.9 Å². The summed E-state index contributed by atoms with van der Waals surface area (Å²) in [5.41, 5.74) is 4.24. The van der Waals surface area contributed by atoms with Gasteiger partial charge in [0.1, 0.15) is 4.32 Å². The second kappa shape index (κ2) is 6.15. The lowest BCUT2D eigenvalue weighted by Gasteiger charge is -2.09. The van der Waals surface area contributed by atoms with Crippen LogP contribution in [0, 0.1) is 13.8 Å². The molecular weight excluding hydrogens is 348 g/mol. The molecule has 0 bridgehead atoms. The molecule has 23 heavy (non-hydrogen) atoms. The lowest BCUT2D eigenvalue weighted by Crippen LogP contribution is -2.22. The predicted octanol–water partition coefficient (Wildman–Crippen LogP) is 4.58. The van der Waals surface area contributed by atoms with Crippen molar-refractivity contribution in [3.05, 3.63) is 57.2 Å². The van der Waals surface area contributed by atoms with E-state index in [4.69, 9.17) is 23.8 Å². The number of carbonyl (C=O) groups excluding carboxylic acids is 1. The van der Waals surface area contributed by atoms with E-state index in [0.29, 0.717) is 14.2 Å². The Morgan fingerprint density at radius 1 is 1.22 bits per heavy atom. The molecule has 1 aromatic heterocycles. The Kier molecular flexibility index (Phi) is 4.36. The maximum atomic E-state index is 12.2. The lowest BCUT2D eigenvalue weighted by molar-refractivity contribution is -0.121. The average molecular weight is 363 g/mol. The molecule has 0 radical (unpaired) electrons. The van der Waals surface area contributed by atoms with Gasteiger partial charge in [0.15, 0.2) is 0 Å². The van der Waals surface area contributed by atoms with Gasteiger partial charge < -0.3 is 4.57 Å². The number of hydrogen-bond donors (Lipinski definition) is 0. The molecule has 1 saturated heterocycles. The minimum absolute atomic E-state index is 0.0451. The zero-order chi connectivity index (χ0) is 16.7. The number of aromatic nitrogens is 1. The van der Waals surface area contributed by atoms with E-state index in [1.165, 1.54) is 16.7 Å². The largest absolute Gasteiger partial charge is 0.318 e. The molecule has 6 heteroatoms. The van der Waals surface area contributed by atoms with Gasteiger partial charge in [-0.2, -0.15) is 0 Å². The van der Waals surface area contributed by atoms with Gasteiger partial charge in [-0.05, 0) is 55.8 Å². The van der Waals surface area contributed by atoms with Crippen LogP contribution in [0.2, 0.25) is 5.02 Å². The Hall–Kier alpha value is -1.56. The molecule has 0 aliphatic carbocycles. The molecule has 1 fully saturated rings. The molecule has 1 aromatic carbocycles. The molecular formula is C17H15ClN2OS2. The molecule has 0 unspecified atom stereocenters. The summed E-state index contributed by atoms with van der Waals surface area (Å²) < 4.78 is 2.74. The van der Waals surface area contributed by atoms with Crippen molar-refractivity contribution in [2.24, 2.45) is 0 Å². The number of carbonyl (C=O) groups is 1. The number of amides is 1. The fourth-order valence-corrected chi connectivity index (χ4v) is 3.90. The van der Waals surface area contributed by atoms with E-state index in [1.54, 1.807) is 7.05 Å². The number of nitrogens with zero attached hydrogens (tertiary/aromatic N) is 2. The SMILES string of the molecule is Cc1cc(C=C2SC(=S)N(C)C2=O)c(C)n1-c1ccc(Cl)cc1. The summed E-state index contributed by atoms with van der Waals surface area (Å²) >= 11 is 12.5. The smallest absolute Gasteiger partial charge is 0.265 e. The van der Waals surface area contributed by atoms with Crippen LogP contribution in [0.1, 0.15) is 17.0 Å². The molecule has 2 aromatic rings. The van der Waals surface area contributed by atoms with Crippen molar-refractivity contribution in [1.29, 1.82) is 0 Å². The number of benzene rings is 1. The summed E-state index contributed by atoms with van der Waals surface area (Å²) in [5, 5.41) is 0.711. The van der Waals surface area contributed by atoms with E-state index < -0.39 is 0 Å². The Balaban J connectivity index is 2.03. The highest BCUT2D eigenvalue weighted by atomic mass is 35.5. The first kappa shape index (κ1) is 16.3. The van der Waals surface area contributed by atoms with Gasteiger partial charge in [0, 0.05) is 29.1 Å². The minimum atomic E-state index is -0.0451. The Morgan fingerprint density at radius 3 is 2.43 bits per heavy atom. The van der Waals surface area contributed by atoms with Gasteiger partial charge >= 0.3 is 0 Å². The molecule has 0 saturated carbocycles. The van der Waals surface area contributed by atoms with Gasteiger partial charge in [-0.25, -0.2) is 0 Å². The first-order valence-electron chi connectivity index (χ1n) is 7.05. The summed E-state index contributed by atoms with van der Waals surface area (Å²) in [6, 6.07) is 9.79. The van der Waals surface area contributed by atoms with E-state index >= 15 is 0 Å². The summed E-state index contributed by atoms with van der Waals surface area (Å²) in [6.45, 7) is 4.09. The Labute approximate surface area is 149 Å². The topological polar surface area (TPSA) is 25.2 Å². The fraction of sp³-hybridized carbons (Fsp3) is 0.176. The standard InChI is InChI=1S/C17H15ClN2OS2/c1-10-8-12(9-15-16(21)19(3)17(22)23-15)11(2)20(10)14-6-4-13(18)5-7-14/h4-9H,1-3H3. The summed E-state index contributed by atoms with van der Waals surface area (Å²) in [6.07, 6.45) is 1.91. The van der Waals surface area contributed by atoms with Gasteiger partial charge in [0.05, 0.1) is 4.91 Å². The summed E-state index contributed by atoms with van der Waals surface area (Å²) in [5.74, 6) is -0.0451. The van der Waals surface area contributed by atoms with Crippen molar-refractivity contribution in [2.75, 3.05) is 7.05 Å². The molecule has 0 N–H and O–H groups in total. The normalized spacial score (nSPS) is 16.7. The van der Waals surface area contributed by atoms with Crippen molar-refractivity contribution in [3.8, 4) is 5.69 Å². The van der Waals surface area contributed by atoms with Crippen molar-refractivity contribution in [2.45, 2.75) is 13.8 Å². The number of halogens is 1. The third kappa shape index (κ3) is 2.96. The number of rotatable bonds is 2. The van der Waals surface area contributed by atoms with Gasteiger partial charge in [-0.1, -0.05) is 35.6 Å². The van der Waals surface area contributed by atoms with Crippen LogP contribution in [-0.4, -0.2) is 26.7 Å². The number of likely N-dealkylation sites (N-methyl/N-ethyl adjacent to an activating group) is 1. The average Bonchev–Trinajstić information content (AvgIpc) is 2.92. The minimum Gasteiger partial charge on any atom is -0.318 e. The van der Waals surface area contributed by atoms with Crippen LogP contribution in [0.15, 0.2) is 35.2 Å². The van der Waals surface area contributed by atoms with E-state index in [1.807, 2.05) is 44.2 Å². The van der Waals surface area contributed by atoms with Crippen LogP contribution in [0.5, 0.6) is 0 Å². The number of aryl methyl sites for hydroxylation is 1. The third-order valence-corrected chi connectivity index (χ3v) is 5.56. The second-order valence-corrected chi connectivity index (χ2v) is 7.49. The molecule has 0 spiro atoms. The van der Waals surface area contributed by atoms with Crippen LogP contribution in [0.25, 0.3) is 11.8 Å². The highest BCUT2D eigenvalue weighted by molar-refractivity contribution is 8.26. The van der Waals surface area contributed by atoms with Crippen molar-refractivity contribution in [3.63, 3.8) is 0 Å². The maximum absolute atomic E-state index is 12.2. The first-order chi connectivity index (χ1) is 10.9. The molecule has 1 aliphatic rings. The zero-order valence-electron chi connectivity index (χ0n) is 13.0. The van der Waals surface area contributed by atoms with Crippen LogP contribution < -0.4 is 0 Å². The van der Waals surface area contributed by atoms with E-state index in [-0.39, 0.29) is 5.91 Å². The van der Waals surface area contributed by atoms with Crippen LogP contribution in [0.3, 0.4) is 0 Å². The molecule has 3 nitrogen and oxygen atoms in total. The van der Waals surface area contributed by atoms with Gasteiger partial charge in [-0.3, -0.25) is 9.69 Å². The first-order valence-corrected chi connectivity index (χ1v) is 8.65. The van der Waals surface area contributed by atoms with Crippen LogP contribution in [0.4, 0.5) is 0 Å². The van der Waals surface area contributed by atoms with Gasteiger partial charge in [-0.15, -0.1) is 0 Å². The van der Waals surface area contributed by atoms with Crippen LogP contribution in [-0.2, 0) is 4.79 Å². The maximum Gasteiger partial charge on any atom is 0.265 e. The van der Waals surface area contributed by atoms with Crippen LogP contribution >= 0.6 is 35.6 Å². The summed E-state index contributed by atoms with van der Waals surface area (Å²) in [4.78, 5) is 14.3. The molecule has 3 rings (SSSR count). The van der Waals surface area contributed by atoms with E-state index in [0.717, 1.165) is 22.6 Å². The highest BCUT2D eigenvalue weighted by Gasteiger charge is 2.29. The monoisotopic (exact) mass is 362 g/mol. The predicted molar refractivity (Wildman–Crippen MR) is 101 cm³/mol. The molecule has 1 amide bonds. The number of thiocarbonyl (C=S) groups is 1. The molecule has 2 heterocycles. The third-order valence-electron chi connectivity index (χ3n) is 3.83. The number of hydrogen-bond acceptors (Lipinski definition) is 3. The van der Waals surface area contributed by atoms with E-state index in [9.17, 15) is 4.79 Å². The van der Waals surface area contributed by atoms with Crippen molar-refractivity contribution < 1.29 is 4.79 Å². The quantitative estimate of drug-likeness (QED) is 0.577. The van der Waals surface area contributed by atoms with E-state index in [2.05, 4.69) is 10.6 Å². The molecule has 0 atom stereocenters. The van der Waals surface area contributed by atoms with Crippen molar-refractivity contribution in [1.82, 2.24) is 9.47 Å². The molecule has 118 valence electrons. The Bertz CT molecular complexity index is 837. The molecule has 1 aliphatic heterocycles. The summed E-state index contributed by atoms with van der Waals surface area (Å²) in [7, 11) is 1.70. The number of thioether (sulfide) groups is 1. The fourth-order valence-electron chi connectivity index (χ4n) is 2.61. The van der Waals surface area contributed by atoms with Gasteiger partial charge in [0.25, 0.3) is 5.91 Å². The second-order valence-electron chi connectivity index (χ2n) is 5.38. The Morgan fingerprint density at radius 2 is 1.87 bits per heavy atom. The zero-order valence-corrected chi connectivity index (χ0v) is 15.4. The lowest BCUT2D eigenvalue weighted by atomic mass is 10.2. The highest BCUT2D eigenvalue weighted by Crippen LogP contribution is 2.33. The van der Waals surface area contributed by atoms with Gasteiger partial charge in [0.2, 0.25) is 0 Å².